The molecule has 0 aromatic heterocycles. The Hall–Kier alpha value is -0.610. The highest BCUT2D eigenvalue weighted by Gasteiger charge is 2.28. The van der Waals surface area contributed by atoms with E-state index in [0.29, 0.717) is 18.1 Å². The average Bonchev–Trinajstić information content (AvgIpc) is 2.30. The Morgan fingerprint density at radius 2 is 2.06 bits per heavy atom. The van der Waals surface area contributed by atoms with Crippen molar-refractivity contribution < 1.29 is 9.53 Å². The summed E-state index contributed by atoms with van der Waals surface area (Å²) in [5, 5.41) is 3.13. The van der Waals surface area contributed by atoms with E-state index in [-0.39, 0.29) is 11.9 Å². The third-order valence-corrected chi connectivity index (χ3v) is 3.77. The molecule has 1 aliphatic rings. The molecule has 0 aromatic carbocycles. The Morgan fingerprint density at radius 3 is 2.56 bits per heavy atom. The molecule has 0 aliphatic heterocycles. The molecule has 4 heteroatoms. The van der Waals surface area contributed by atoms with Crippen LogP contribution in [-0.4, -0.2) is 31.2 Å². The van der Waals surface area contributed by atoms with Crippen molar-refractivity contribution in [3.05, 3.63) is 0 Å². The van der Waals surface area contributed by atoms with E-state index >= 15 is 0 Å². The predicted octanol–water partition coefficient (Wildman–Crippen LogP) is 1.83. The molecule has 1 aliphatic carbocycles. The lowest BCUT2D eigenvalue weighted by molar-refractivity contribution is -0.122. The number of nitrogens with two attached hydrogens (primary N) is 1. The van der Waals surface area contributed by atoms with Gasteiger partial charge < -0.3 is 15.8 Å². The van der Waals surface area contributed by atoms with Crippen molar-refractivity contribution in [3.8, 4) is 0 Å². The van der Waals surface area contributed by atoms with Crippen LogP contribution in [0, 0.1) is 5.41 Å². The number of hydrogen-bond acceptors (Lipinski definition) is 3. The molecule has 0 heterocycles. The third-order valence-electron chi connectivity index (χ3n) is 3.77. The van der Waals surface area contributed by atoms with Gasteiger partial charge in [-0.05, 0) is 44.1 Å². The molecule has 3 N–H and O–H groups in total. The van der Waals surface area contributed by atoms with Crippen molar-refractivity contribution in [1.29, 1.82) is 0 Å². The number of primary amides is 1. The molecule has 0 spiro atoms. The van der Waals surface area contributed by atoms with Gasteiger partial charge in [0.1, 0.15) is 6.04 Å². The zero-order valence-electron chi connectivity index (χ0n) is 12.0. The Balaban J connectivity index is 2.28. The van der Waals surface area contributed by atoms with Crippen LogP contribution in [0.4, 0.5) is 0 Å². The van der Waals surface area contributed by atoms with Crippen LogP contribution in [0.3, 0.4) is 0 Å². The molecule has 0 radical (unpaired) electrons. The first kappa shape index (κ1) is 15.4. The Kier molecular flexibility index (Phi) is 6.09. The lowest BCUT2D eigenvalue weighted by atomic mass is 9.76. The summed E-state index contributed by atoms with van der Waals surface area (Å²) in [5.74, 6) is -0.320. The standard InChI is InChI=1S/C14H28N2O2/c1-4-9-16-12(13(15)17)10-18-11-5-7-14(2,3)8-6-11/h11-12,16H,4-10H2,1-3H3,(H2,15,17). The van der Waals surface area contributed by atoms with Gasteiger partial charge in [0.2, 0.25) is 5.91 Å². The first-order valence-corrected chi connectivity index (χ1v) is 7.09. The molecule has 1 saturated carbocycles. The Labute approximate surface area is 111 Å². The smallest absolute Gasteiger partial charge is 0.236 e. The van der Waals surface area contributed by atoms with Gasteiger partial charge in [0.15, 0.2) is 0 Å². The number of hydrogen-bond donors (Lipinski definition) is 2. The van der Waals surface area contributed by atoms with E-state index in [0.717, 1.165) is 25.8 Å². The minimum atomic E-state index is -0.347. The zero-order chi connectivity index (χ0) is 13.6. The fourth-order valence-electron chi connectivity index (χ4n) is 2.33. The number of rotatable bonds is 7. The Bertz CT molecular complexity index is 257. The summed E-state index contributed by atoms with van der Waals surface area (Å²) in [4.78, 5) is 11.3. The molecule has 18 heavy (non-hydrogen) atoms. The molecular weight excluding hydrogens is 228 g/mol. The average molecular weight is 256 g/mol. The van der Waals surface area contributed by atoms with Crippen molar-refractivity contribution >= 4 is 5.91 Å². The van der Waals surface area contributed by atoms with Crippen LogP contribution in [-0.2, 0) is 9.53 Å². The molecule has 4 nitrogen and oxygen atoms in total. The van der Waals surface area contributed by atoms with E-state index < -0.39 is 0 Å². The number of nitrogens with one attached hydrogen (secondary N) is 1. The van der Waals surface area contributed by atoms with Crippen molar-refractivity contribution in [2.24, 2.45) is 11.1 Å². The van der Waals surface area contributed by atoms with Crippen molar-refractivity contribution in [2.45, 2.75) is 65.0 Å². The number of carbonyl (C=O) groups is 1. The van der Waals surface area contributed by atoms with E-state index in [9.17, 15) is 4.79 Å². The highest BCUT2D eigenvalue weighted by Crippen LogP contribution is 2.36. The van der Waals surface area contributed by atoms with Gasteiger partial charge in [0.25, 0.3) is 0 Å². The van der Waals surface area contributed by atoms with E-state index in [1.807, 2.05) is 0 Å². The third kappa shape index (κ3) is 5.36. The van der Waals surface area contributed by atoms with Crippen LogP contribution in [0.15, 0.2) is 0 Å². The van der Waals surface area contributed by atoms with Gasteiger partial charge in [0.05, 0.1) is 12.7 Å². The van der Waals surface area contributed by atoms with Crippen LogP contribution in [0.25, 0.3) is 0 Å². The van der Waals surface area contributed by atoms with Crippen LogP contribution in [0.2, 0.25) is 0 Å². The van der Waals surface area contributed by atoms with Crippen molar-refractivity contribution in [3.63, 3.8) is 0 Å². The number of amides is 1. The molecule has 1 amide bonds. The molecule has 1 rings (SSSR count). The van der Waals surface area contributed by atoms with Gasteiger partial charge in [-0.2, -0.15) is 0 Å². The molecular formula is C14H28N2O2. The fraction of sp³-hybridized carbons (Fsp3) is 0.929. The lowest BCUT2D eigenvalue weighted by Gasteiger charge is -2.34. The molecule has 1 fully saturated rings. The minimum Gasteiger partial charge on any atom is -0.376 e. The first-order valence-electron chi connectivity index (χ1n) is 7.09. The SMILES string of the molecule is CCCNC(COC1CCC(C)(C)CC1)C(N)=O. The van der Waals surface area contributed by atoms with Gasteiger partial charge in [-0.1, -0.05) is 20.8 Å². The lowest BCUT2D eigenvalue weighted by Crippen LogP contribution is -2.46. The summed E-state index contributed by atoms with van der Waals surface area (Å²) in [6.07, 6.45) is 5.85. The van der Waals surface area contributed by atoms with Crippen LogP contribution in [0.1, 0.15) is 52.9 Å². The monoisotopic (exact) mass is 256 g/mol. The van der Waals surface area contributed by atoms with Crippen LogP contribution in [0.5, 0.6) is 0 Å². The quantitative estimate of drug-likeness (QED) is 0.730. The number of carbonyl (C=O) groups excluding carboxylic acids is 1. The summed E-state index contributed by atoms with van der Waals surface area (Å²) in [6, 6.07) is -0.347. The molecule has 0 saturated heterocycles. The minimum absolute atomic E-state index is 0.295. The summed E-state index contributed by atoms with van der Waals surface area (Å²) < 4.78 is 5.83. The maximum atomic E-state index is 11.3. The van der Waals surface area contributed by atoms with E-state index in [2.05, 4.69) is 26.1 Å². The highest BCUT2D eigenvalue weighted by molar-refractivity contribution is 5.79. The van der Waals surface area contributed by atoms with E-state index in [1.54, 1.807) is 0 Å². The van der Waals surface area contributed by atoms with Gasteiger partial charge in [-0.3, -0.25) is 4.79 Å². The van der Waals surface area contributed by atoms with Crippen LogP contribution < -0.4 is 11.1 Å². The number of ether oxygens (including phenoxy) is 1. The molecule has 1 atom stereocenters. The molecule has 1 unspecified atom stereocenters. The summed E-state index contributed by atoms with van der Waals surface area (Å²) in [5.41, 5.74) is 5.80. The molecule has 0 aromatic rings. The molecule has 0 bridgehead atoms. The van der Waals surface area contributed by atoms with Gasteiger partial charge in [0, 0.05) is 0 Å². The van der Waals surface area contributed by atoms with Gasteiger partial charge in [-0.15, -0.1) is 0 Å². The first-order chi connectivity index (χ1) is 8.44. The maximum absolute atomic E-state index is 11.3. The van der Waals surface area contributed by atoms with E-state index in [1.165, 1.54) is 12.8 Å². The second-order valence-electron chi connectivity index (χ2n) is 6.11. The summed E-state index contributed by atoms with van der Waals surface area (Å²) in [6.45, 7) is 7.88. The predicted molar refractivity (Wildman–Crippen MR) is 73.3 cm³/mol. The summed E-state index contributed by atoms with van der Waals surface area (Å²) in [7, 11) is 0. The Morgan fingerprint density at radius 1 is 1.44 bits per heavy atom. The van der Waals surface area contributed by atoms with Gasteiger partial charge in [-0.25, -0.2) is 0 Å². The van der Waals surface area contributed by atoms with Crippen LogP contribution >= 0.6 is 0 Å². The van der Waals surface area contributed by atoms with Crippen molar-refractivity contribution in [2.75, 3.05) is 13.2 Å². The van der Waals surface area contributed by atoms with E-state index in [4.69, 9.17) is 10.5 Å². The topological polar surface area (TPSA) is 64.3 Å². The highest BCUT2D eigenvalue weighted by atomic mass is 16.5. The van der Waals surface area contributed by atoms with Crippen molar-refractivity contribution in [1.82, 2.24) is 5.32 Å². The maximum Gasteiger partial charge on any atom is 0.236 e. The second kappa shape index (κ2) is 7.10. The molecule has 106 valence electrons. The van der Waals surface area contributed by atoms with Gasteiger partial charge >= 0.3 is 0 Å². The zero-order valence-corrected chi connectivity index (χ0v) is 12.0. The fourth-order valence-corrected chi connectivity index (χ4v) is 2.33. The normalized spacial score (nSPS) is 21.7. The second-order valence-corrected chi connectivity index (χ2v) is 6.11. The largest absolute Gasteiger partial charge is 0.376 e. The summed E-state index contributed by atoms with van der Waals surface area (Å²) >= 11 is 0.